The predicted octanol–water partition coefficient (Wildman–Crippen LogP) is 2.43. The van der Waals surface area contributed by atoms with E-state index in [1.807, 2.05) is 44.4 Å². The number of rotatable bonds is 5. The fourth-order valence-electron chi connectivity index (χ4n) is 2.50. The van der Waals surface area contributed by atoms with E-state index < -0.39 is 5.54 Å². The van der Waals surface area contributed by atoms with Crippen LogP contribution in [0.15, 0.2) is 29.2 Å². The van der Waals surface area contributed by atoms with Crippen LogP contribution in [0.5, 0.6) is 0 Å². The Balaban J connectivity index is 1.93. The van der Waals surface area contributed by atoms with Crippen molar-refractivity contribution >= 4 is 23.6 Å². The number of nitrogens with one attached hydrogen (secondary N) is 1. The molecule has 2 rings (SSSR count). The molecule has 21 heavy (non-hydrogen) atoms. The summed E-state index contributed by atoms with van der Waals surface area (Å²) in [6.07, 6.45) is 3.21. The SMILES string of the molecule is CCC(=O)N1CCC1(C)C(=O)NCc1ccc(SC)cc1. The van der Waals surface area contributed by atoms with Gasteiger partial charge < -0.3 is 10.2 Å². The number of likely N-dealkylation sites (tertiary alicyclic amines) is 1. The van der Waals surface area contributed by atoms with E-state index in [0.29, 0.717) is 19.5 Å². The minimum atomic E-state index is -0.674. The third kappa shape index (κ3) is 3.23. The fourth-order valence-corrected chi connectivity index (χ4v) is 2.91. The van der Waals surface area contributed by atoms with Crippen LogP contribution in [0.1, 0.15) is 32.3 Å². The molecule has 5 heteroatoms. The predicted molar refractivity (Wildman–Crippen MR) is 85.1 cm³/mol. The minimum Gasteiger partial charge on any atom is -0.350 e. The summed E-state index contributed by atoms with van der Waals surface area (Å²) in [5.41, 5.74) is 0.393. The molecule has 0 spiro atoms. The van der Waals surface area contributed by atoms with Crippen molar-refractivity contribution in [1.29, 1.82) is 0 Å². The van der Waals surface area contributed by atoms with E-state index in [0.717, 1.165) is 12.0 Å². The van der Waals surface area contributed by atoms with Gasteiger partial charge in [-0.1, -0.05) is 19.1 Å². The number of amides is 2. The first-order valence-electron chi connectivity index (χ1n) is 7.23. The van der Waals surface area contributed by atoms with Gasteiger partial charge in [-0.25, -0.2) is 0 Å². The van der Waals surface area contributed by atoms with Crippen molar-refractivity contribution in [3.63, 3.8) is 0 Å². The normalized spacial score (nSPS) is 20.8. The van der Waals surface area contributed by atoms with Crippen molar-refractivity contribution < 1.29 is 9.59 Å². The van der Waals surface area contributed by atoms with Gasteiger partial charge >= 0.3 is 0 Å². The number of nitrogens with zero attached hydrogens (tertiary/aromatic N) is 1. The lowest BCUT2D eigenvalue weighted by Crippen LogP contribution is -2.67. The highest BCUT2D eigenvalue weighted by atomic mass is 32.2. The molecular formula is C16H22N2O2S. The van der Waals surface area contributed by atoms with Crippen molar-refractivity contribution in [1.82, 2.24) is 10.2 Å². The summed E-state index contributed by atoms with van der Waals surface area (Å²) < 4.78 is 0. The van der Waals surface area contributed by atoms with E-state index in [4.69, 9.17) is 0 Å². The summed E-state index contributed by atoms with van der Waals surface area (Å²) in [5, 5.41) is 2.95. The Morgan fingerprint density at radius 1 is 1.33 bits per heavy atom. The first-order chi connectivity index (χ1) is 10.0. The highest BCUT2D eigenvalue weighted by Gasteiger charge is 2.48. The molecule has 4 nitrogen and oxygen atoms in total. The summed E-state index contributed by atoms with van der Waals surface area (Å²) >= 11 is 1.69. The molecule has 0 saturated carbocycles. The molecule has 0 bridgehead atoms. The summed E-state index contributed by atoms with van der Waals surface area (Å²) in [4.78, 5) is 27.1. The molecule has 0 aliphatic carbocycles. The van der Waals surface area contributed by atoms with Crippen LogP contribution in [0.25, 0.3) is 0 Å². The summed E-state index contributed by atoms with van der Waals surface area (Å²) in [7, 11) is 0. The number of thioether (sulfide) groups is 1. The van der Waals surface area contributed by atoms with Gasteiger partial charge in [0.05, 0.1) is 0 Å². The molecule has 1 atom stereocenters. The Hall–Kier alpha value is -1.49. The molecule has 1 aromatic rings. The topological polar surface area (TPSA) is 49.4 Å². The van der Waals surface area contributed by atoms with Crippen molar-refractivity contribution in [3.8, 4) is 0 Å². The van der Waals surface area contributed by atoms with Crippen LogP contribution in [0.3, 0.4) is 0 Å². The van der Waals surface area contributed by atoms with E-state index >= 15 is 0 Å². The van der Waals surface area contributed by atoms with Crippen LogP contribution in [0.2, 0.25) is 0 Å². The summed E-state index contributed by atoms with van der Waals surface area (Å²) in [5.74, 6) is -0.0206. The molecule has 2 amide bonds. The Bertz CT molecular complexity index is 530. The van der Waals surface area contributed by atoms with E-state index in [1.54, 1.807) is 16.7 Å². The van der Waals surface area contributed by atoms with Gasteiger partial charge in [0.1, 0.15) is 5.54 Å². The fraction of sp³-hybridized carbons (Fsp3) is 0.500. The lowest BCUT2D eigenvalue weighted by Gasteiger charge is -2.49. The average Bonchev–Trinajstić information content (AvgIpc) is 2.50. The molecule has 0 radical (unpaired) electrons. The zero-order valence-corrected chi connectivity index (χ0v) is 13.6. The number of carbonyl (C=O) groups excluding carboxylic acids is 2. The number of hydrogen-bond donors (Lipinski definition) is 1. The Morgan fingerprint density at radius 2 is 2.00 bits per heavy atom. The monoisotopic (exact) mass is 306 g/mol. The second kappa shape index (κ2) is 6.52. The Kier molecular flexibility index (Phi) is 4.93. The first kappa shape index (κ1) is 15.9. The van der Waals surface area contributed by atoms with Gasteiger partial charge in [-0.15, -0.1) is 11.8 Å². The van der Waals surface area contributed by atoms with E-state index in [9.17, 15) is 9.59 Å². The van der Waals surface area contributed by atoms with Crippen LogP contribution in [-0.4, -0.2) is 35.1 Å². The van der Waals surface area contributed by atoms with Crippen LogP contribution >= 0.6 is 11.8 Å². The van der Waals surface area contributed by atoms with Gasteiger partial charge in [-0.05, 0) is 37.3 Å². The van der Waals surface area contributed by atoms with Crippen molar-refractivity contribution in [2.24, 2.45) is 0 Å². The Morgan fingerprint density at radius 3 is 2.48 bits per heavy atom. The van der Waals surface area contributed by atoms with E-state index in [-0.39, 0.29) is 11.8 Å². The maximum Gasteiger partial charge on any atom is 0.246 e. The van der Waals surface area contributed by atoms with Crippen LogP contribution in [0, 0.1) is 0 Å². The second-order valence-electron chi connectivity index (χ2n) is 5.45. The first-order valence-corrected chi connectivity index (χ1v) is 8.45. The van der Waals surface area contributed by atoms with Gasteiger partial charge in [-0.2, -0.15) is 0 Å². The number of hydrogen-bond acceptors (Lipinski definition) is 3. The molecule has 114 valence electrons. The zero-order chi connectivity index (χ0) is 15.5. The maximum absolute atomic E-state index is 12.4. The molecule has 0 aromatic heterocycles. The molecule has 1 saturated heterocycles. The molecule has 1 aromatic carbocycles. The standard InChI is InChI=1S/C16H22N2O2S/c1-4-14(19)18-10-9-16(18,2)15(20)17-11-12-5-7-13(21-3)8-6-12/h5-8H,4,9-11H2,1-3H3,(H,17,20). The summed E-state index contributed by atoms with van der Waals surface area (Å²) in [6.45, 7) is 4.85. The molecule has 1 N–H and O–H groups in total. The van der Waals surface area contributed by atoms with Gasteiger partial charge in [0.2, 0.25) is 11.8 Å². The third-order valence-electron chi connectivity index (χ3n) is 4.12. The number of benzene rings is 1. The second-order valence-corrected chi connectivity index (χ2v) is 6.33. The van der Waals surface area contributed by atoms with Crippen molar-refractivity contribution in [2.75, 3.05) is 12.8 Å². The minimum absolute atomic E-state index is 0.0447. The highest BCUT2D eigenvalue weighted by molar-refractivity contribution is 7.98. The van der Waals surface area contributed by atoms with Crippen LogP contribution in [-0.2, 0) is 16.1 Å². The van der Waals surface area contributed by atoms with Crippen LogP contribution < -0.4 is 5.32 Å². The highest BCUT2D eigenvalue weighted by Crippen LogP contribution is 2.31. The molecule has 1 aliphatic rings. The van der Waals surface area contributed by atoms with E-state index in [1.165, 1.54) is 4.90 Å². The van der Waals surface area contributed by atoms with Gasteiger partial charge in [0.15, 0.2) is 0 Å². The molecule has 1 fully saturated rings. The lowest BCUT2D eigenvalue weighted by atomic mass is 9.85. The molecule has 1 unspecified atom stereocenters. The van der Waals surface area contributed by atoms with Gasteiger partial charge in [0.25, 0.3) is 0 Å². The third-order valence-corrected chi connectivity index (χ3v) is 4.87. The van der Waals surface area contributed by atoms with Crippen molar-refractivity contribution in [3.05, 3.63) is 29.8 Å². The zero-order valence-electron chi connectivity index (χ0n) is 12.8. The van der Waals surface area contributed by atoms with Gasteiger partial charge in [0, 0.05) is 24.4 Å². The Labute approximate surface area is 130 Å². The lowest BCUT2D eigenvalue weighted by molar-refractivity contribution is -0.157. The molecular weight excluding hydrogens is 284 g/mol. The molecule has 1 heterocycles. The number of carbonyl (C=O) groups is 2. The average molecular weight is 306 g/mol. The van der Waals surface area contributed by atoms with E-state index in [2.05, 4.69) is 5.32 Å². The smallest absolute Gasteiger partial charge is 0.246 e. The maximum atomic E-state index is 12.4. The molecule has 1 aliphatic heterocycles. The summed E-state index contributed by atoms with van der Waals surface area (Å²) in [6, 6.07) is 8.13. The largest absolute Gasteiger partial charge is 0.350 e. The van der Waals surface area contributed by atoms with Crippen molar-refractivity contribution in [2.45, 2.75) is 43.7 Å². The van der Waals surface area contributed by atoms with Gasteiger partial charge in [-0.3, -0.25) is 9.59 Å². The quantitative estimate of drug-likeness (QED) is 0.850. The van der Waals surface area contributed by atoms with Crippen LogP contribution in [0.4, 0.5) is 0 Å².